The van der Waals surface area contributed by atoms with Crippen LogP contribution in [0.1, 0.15) is 30.6 Å². The largest absolute Gasteiger partial charge is 0.302 e. The van der Waals surface area contributed by atoms with Crippen molar-refractivity contribution >= 4 is 51.7 Å². The summed E-state index contributed by atoms with van der Waals surface area (Å²) in [6, 6.07) is 7.17. The molecule has 5 nitrogen and oxygen atoms in total. The zero-order valence-corrected chi connectivity index (χ0v) is 14.2. The van der Waals surface area contributed by atoms with E-state index in [2.05, 4.69) is 38.8 Å². The van der Waals surface area contributed by atoms with Crippen LogP contribution in [0.4, 0.5) is 0 Å². The predicted molar refractivity (Wildman–Crippen MR) is 90.0 cm³/mol. The Hall–Kier alpha value is -1.22. The molecule has 0 fully saturated rings. The number of nitrogens with one attached hydrogen (secondary N) is 3. The van der Waals surface area contributed by atoms with E-state index in [-0.39, 0.29) is 22.8 Å². The molecule has 0 radical (unpaired) electrons. The summed E-state index contributed by atoms with van der Waals surface area (Å²) >= 11 is 7.00. The molecular formula is C13H16IN3O2S. The summed E-state index contributed by atoms with van der Waals surface area (Å²) in [4.78, 5) is 23.4. The number of thiocarbonyl (C=S) groups is 1. The SMILES string of the molecule is CC(C)CC(=O)NC(=S)NNC(=O)c1ccccc1I. The summed E-state index contributed by atoms with van der Waals surface area (Å²) in [7, 11) is 0. The molecule has 0 spiro atoms. The van der Waals surface area contributed by atoms with Gasteiger partial charge in [0.1, 0.15) is 0 Å². The molecule has 1 rings (SSSR count). The van der Waals surface area contributed by atoms with Gasteiger partial charge >= 0.3 is 0 Å². The number of carbonyl (C=O) groups is 2. The summed E-state index contributed by atoms with van der Waals surface area (Å²) in [6.45, 7) is 3.88. The van der Waals surface area contributed by atoms with Gasteiger partial charge in [-0.1, -0.05) is 26.0 Å². The fourth-order valence-electron chi connectivity index (χ4n) is 1.41. The van der Waals surface area contributed by atoms with Crippen molar-refractivity contribution < 1.29 is 9.59 Å². The second-order valence-electron chi connectivity index (χ2n) is 4.53. The monoisotopic (exact) mass is 405 g/mol. The van der Waals surface area contributed by atoms with Crippen molar-refractivity contribution in [3.8, 4) is 0 Å². The molecule has 108 valence electrons. The second-order valence-corrected chi connectivity index (χ2v) is 6.10. The lowest BCUT2D eigenvalue weighted by atomic mass is 10.1. The molecule has 0 bridgehead atoms. The summed E-state index contributed by atoms with van der Waals surface area (Å²) in [6.07, 6.45) is 0.381. The van der Waals surface area contributed by atoms with Crippen LogP contribution in [0.15, 0.2) is 24.3 Å². The average molecular weight is 405 g/mol. The maximum Gasteiger partial charge on any atom is 0.270 e. The van der Waals surface area contributed by atoms with Crippen LogP contribution < -0.4 is 16.2 Å². The maximum atomic E-state index is 11.9. The van der Waals surface area contributed by atoms with Crippen molar-refractivity contribution in [1.82, 2.24) is 16.2 Å². The zero-order valence-electron chi connectivity index (χ0n) is 11.2. The van der Waals surface area contributed by atoms with Crippen molar-refractivity contribution in [2.24, 2.45) is 5.92 Å². The van der Waals surface area contributed by atoms with Gasteiger partial charge in [-0.05, 0) is 52.9 Å². The Morgan fingerprint density at radius 2 is 1.90 bits per heavy atom. The van der Waals surface area contributed by atoms with E-state index in [9.17, 15) is 9.59 Å². The third-order valence-corrected chi connectivity index (χ3v) is 3.40. The van der Waals surface area contributed by atoms with E-state index in [1.807, 2.05) is 26.0 Å². The Morgan fingerprint density at radius 3 is 2.50 bits per heavy atom. The summed E-state index contributed by atoms with van der Waals surface area (Å²) in [5.41, 5.74) is 5.50. The van der Waals surface area contributed by atoms with Gasteiger partial charge in [-0.2, -0.15) is 0 Å². The standard InChI is InChI=1S/C13H16IN3O2S/c1-8(2)7-11(18)15-13(20)17-16-12(19)9-5-3-4-6-10(9)14/h3-6,8H,7H2,1-2H3,(H,16,19)(H2,15,17,18,20). The number of rotatable bonds is 3. The van der Waals surface area contributed by atoms with Gasteiger partial charge in [0.15, 0.2) is 5.11 Å². The number of hydrogen-bond acceptors (Lipinski definition) is 3. The Bertz CT molecular complexity index is 520. The predicted octanol–water partition coefficient (Wildman–Crippen LogP) is 1.97. The zero-order chi connectivity index (χ0) is 15.1. The van der Waals surface area contributed by atoms with Gasteiger partial charge in [0.05, 0.1) is 5.56 Å². The van der Waals surface area contributed by atoms with Crippen molar-refractivity contribution in [2.75, 3.05) is 0 Å². The average Bonchev–Trinajstić information content (AvgIpc) is 2.35. The highest BCUT2D eigenvalue weighted by molar-refractivity contribution is 14.1. The number of benzene rings is 1. The van der Waals surface area contributed by atoms with Gasteiger partial charge in [-0.15, -0.1) is 0 Å². The number of halogens is 1. The molecule has 0 unspecified atom stereocenters. The van der Waals surface area contributed by atoms with Crippen LogP contribution in [0.2, 0.25) is 0 Å². The third kappa shape index (κ3) is 5.83. The van der Waals surface area contributed by atoms with Gasteiger partial charge in [-0.3, -0.25) is 20.4 Å². The fraction of sp³-hybridized carbons (Fsp3) is 0.308. The normalized spacial score (nSPS) is 10.0. The minimum atomic E-state index is -0.310. The Labute approximate surface area is 137 Å². The maximum absolute atomic E-state index is 11.9. The first-order valence-corrected chi connectivity index (χ1v) is 7.53. The summed E-state index contributed by atoms with van der Waals surface area (Å²) in [5, 5.41) is 2.58. The van der Waals surface area contributed by atoms with Crippen LogP contribution in [0.25, 0.3) is 0 Å². The van der Waals surface area contributed by atoms with E-state index < -0.39 is 0 Å². The molecule has 3 N–H and O–H groups in total. The molecule has 7 heteroatoms. The van der Waals surface area contributed by atoms with Crippen molar-refractivity contribution in [2.45, 2.75) is 20.3 Å². The van der Waals surface area contributed by atoms with E-state index in [1.165, 1.54) is 0 Å². The smallest absolute Gasteiger partial charge is 0.270 e. The van der Waals surface area contributed by atoms with Crippen molar-refractivity contribution in [1.29, 1.82) is 0 Å². The molecule has 1 aromatic carbocycles. The molecule has 0 heterocycles. The Kier molecular flexibility index (Phi) is 6.86. The molecular weight excluding hydrogens is 389 g/mol. The van der Waals surface area contributed by atoms with Crippen molar-refractivity contribution in [3.63, 3.8) is 0 Å². The topological polar surface area (TPSA) is 70.2 Å². The van der Waals surface area contributed by atoms with Gasteiger partial charge in [0.2, 0.25) is 5.91 Å². The molecule has 0 atom stereocenters. The lowest BCUT2D eigenvalue weighted by Gasteiger charge is -2.12. The Balaban J connectivity index is 2.44. The molecule has 0 aromatic heterocycles. The molecule has 0 saturated heterocycles. The summed E-state index contributed by atoms with van der Waals surface area (Å²) < 4.78 is 0.833. The van der Waals surface area contributed by atoms with Crippen molar-refractivity contribution in [3.05, 3.63) is 33.4 Å². The van der Waals surface area contributed by atoms with Crippen LogP contribution >= 0.6 is 34.8 Å². The minimum Gasteiger partial charge on any atom is -0.302 e. The first-order chi connectivity index (χ1) is 9.40. The fourth-order valence-corrected chi connectivity index (χ4v) is 2.20. The van der Waals surface area contributed by atoms with Gasteiger partial charge < -0.3 is 5.32 Å². The first kappa shape index (κ1) is 16.8. The van der Waals surface area contributed by atoms with E-state index in [0.717, 1.165) is 3.57 Å². The quantitative estimate of drug-likeness (QED) is 0.409. The summed E-state index contributed by atoms with van der Waals surface area (Å²) in [5.74, 6) is -0.241. The van der Waals surface area contributed by atoms with Crippen LogP contribution in [-0.4, -0.2) is 16.9 Å². The highest BCUT2D eigenvalue weighted by Crippen LogP contribution is 2.10. The second kappa shape index (κ2) is 8.15. The molecule has 0 aliphatic carbocycles. The van der Waals surface area contributed by atoms with E-state index >= 15 is 0 Å². The molecule has 1 aromatic rings. The van der Waals surface area contributed by atoms with Crippen LogP contribution in [0, 0.1) is 9.49 Å². The van der Waals surface area contributed by atoms with Gasteiger partial charge in [0.25, 0.3) is 5.91 Å². The number of amides is 2. The molecule has 0 aliphatic rings. The highest BCUT2D eigenvalue weighted by Gasteiger charge is 2.10. The van der Waals surface area contributed by atoms with Crippen LogP contribution in [-0.2, 0) is 4.79 Å². The number of hydrazine groups is 1. The van der Waals surface area contributed by atoms with Crippen LogP contribution in [0.3, 0.4) is 0 Å². The number of hydrogen-bond donors (Lipinski definition) is 3. The van der Waals surface area contributed by atoms with E-state index in [1.54, 1.807) is 12.1 Å². The van der Waals surface area contributed by atoms with E-state index in [0.29, 0.717) is 12.0 Å². The highest BCUT2D eigenvalue weighted by atomic mass is 127. The van der Waals surface area contributed by atoms with Gasteiger partial charge in [-0.25, -0.2) is 0 Å². The Morgan fingerprint density at radius 1 is 1.25 bits per heavy atom. The third-order valence-electron chi connectivity index (χ3n) is 2.25. The van der Waals surface area contributed by atoms with Crippen LogP contribution in [0.5, 0.6) is 0 Å². The van der Waals surface area contributed by atoms with Gasteiger partial charge in [0, 0.05) is 9.99 Å². The molecule has 0 saturated carbocycles. The first-order valence-electron chi connectivity index (χ1n) is 6.05. The lowest BCUT2D eigenvalue weighted by molar-refractivity contribution is -0.120. The lowest BCUT2D eigenvalue weighted by Crippen LogP contribution is -2.48. The van der Waals surface area contributed by atoms with E-state index in [4.69, 9.17) is 12.2 Å². The number of carbonyl (C=O) groups excluding carboxylic acids is 2. The molecule has 0 aliphatic heterocycles. The molecule has 2 amide bonds. The molecule has 20 heavy (non-hydrogen) atoms. The minimum absolute atomic E-state index is 0.0786.